The summed E-state index contributed by atoms with van der Waals surface area (Å²) in [6.07, 6.45) is 0. The largest absolute Gasteiger partial charge is 0.346 e. The summed E-state index contributed by atoms with van der Waals surface area (Å²) < 4.78 is 0. The molecule has 78 valence electrons. The Morgan fingerprint density at radius 3 is 2.47 bits per heavy atom. The number of nitrogens with zero attached hydrogens (tertiary/aromatic N) is 1. The van der Waals surface area contributed by atoms with Gasteiger partial charge < -0.3 is 5.32 Å². The third-order valence-corrected chi connectivity index (χ3v) is 2.74. The minimum atomic E-state index is -0.500. The minimum absolute atomic E-state index is 0.236. The SMILES string of the molecule is NN1C(=O)[C@H](c2ccc(Cl)cc2)NC1=S. The molecular weight excluding hydrogens is 234 g/mol. The molecule has 3 N–H and O–H groups in total. The summed E-state index contributed by atoms with van der Waals surface area (Å²) in [4.78, 5) is 11.6. The molecule has 0 radical (unpaired) electrons. The number of carbonyl (C=O) groups excluding carboxylic acids is 1. The number of hydrazine groups is 1. The van der Waals surface area contributed by atoms with Crippen LogP contribution in [0.3, 0.4) is 0 Å². The smallest absolute Gasteiger partial charge is 0.270 e. The zero-order valence-electron chi connectivity index (χ0n) is 7.61. The van der Waals surface area contributed by atoms with Crippen LogP contribution in [-0.4, -0.2) is 16.0 Å². The molecule has 0 aliphatic carbocycles. The highest BCUT2D eigenvalue weighted by Crippen LogP contribution is 2.21. The quantitative estimate of drug-likeness (QED) is 0.437. The minimum Gasteiger partial charge on any atom is -0.346 e. The first-order valence-electron chi connectivity index (χ1n) is 4.24. The van der Waals surface area contributed by atoms with Gasteiger partial charge in [0.15, 0.2) is 5.11 Å². The van der Waals surface area contributed by atoms with E-state index in [1.807, 2.05) is 0 Å². The molecule has 2 rings (SSSR count). The van der Waals surface area contributed by atoms with Crippen molar-refractivity contribution in [2.45, 2.75) is 6.04 Å². The molecule has 0 bridgehead atoms. The van der Waals surface area contributed by atoms with Gasteiger partial charge in [-0.15, -0.1) is 0 Å². The van der Waals surface area contributed by atoms with Gasteiger partial charge in [-0.25, -0.2) is 10.9 Å². The van der Waals surface area contributed by atoms with Crippen molar-refractivity contribution in [2.24, 2.45) is 5.84 Å². The predicted molar refractivity (Wildman–Crippen MR) is 61.0 cm³/mol. The summed E-state index contributed by atoms with van der Waals surface area (Å²) in [7, 11) is 0. The molecule has 6 heteroatoms. The van der Waals surface area contributed by atoms with E-state index in [1.165, 1.54) is 0 Å². The van der Waals surface area contributed by atoms with Crippen LogP contribution < -0.4 is 11.2 Å². The molecule has 1 aromatic rings. The van der Waals surface area contributed by atoms with E-state index in [-0.39, 0.29) is 11.0 Å². The van der Waals surface area contributed by atoms with Crippen molar-refractivity contribution in [3.63, 3.8) is 0 Å². The Bertz CT molecular complexity index is 420. The van der Waals surface area contributed by atoms with Crippen molar-refractivity contribution in [3.8, 4) is 0 Å². The molecule has 1 saturated heterocycles. The third kappa shape index (κ3) is 1.81. The van der Waals surface area contributed by atoms with E-state index in [1.54, 1.807) is 24.3 Å². The molecule has 4 nitrogen and oxygen atoms in total. The van der Waals surface area contributed by atoms with Crippen molar-refractivity contribution in [3.05, 3.63) is 34.9 Å². The number of rotatable bonds is 1. The van der Waals surface area contributed by atoms with Gasteiger partial charge in [-0.3, -0.25) is 4.79 Å². The lowest BCUT2D eigenvalue weighted by Gasteiger charge is -2.07. The molecule has 0 aromatic heterocycles. The van der Waals surface area contributed by atoms with Crippen LogP contribution in [0.25, 0.3) is 0 Å². The fraction of sp³-hybridized carbons (Fsp3) is 0.111. The van der Waals surface area contributed by atoms with Crippen LogP contribution in [0, 0.1) is 0 Å². The maximum Gasteiger partial charge on any atom is 0.270 e. The molecule has 1 amide bonds. The maximum absolute atomic E-state index is 11.6. The van der Waals surface area contributed by atoms with E-state index in [0.29, 0.717) is 5.02 Å². The Balaban J connectivity index is 2.29. The Hall–Kier alpha value is -1.17. The van der Waals surface area contributed by atoms with Crippen LogP contribution in [0.15, 0.2) is 24.3 Å². The fourth-order valence-electron chi connectivity index (χ4n) is 1.38. The van der Waals surface area contributed by atoms with Gasteiger partial charge in [0.05, 0.1) is 0 Å². The maximum atomic E-state index is 11.6. The average molecular weight is 242 g/mol. The number of nitrogens with one attached hydrogen (secondary N) is 1. The summed E-state index contributed by atoms with van der Waals surface area (Å²) in [6, 6.07) is 6.46. The van der Waals surface area contributed by atoms with Crippen LogP contribution in [0.4, 0.5) is 0 Å². The molecule has 1 heterocycles. The molecule has 0 saturated carbocycles. The molecule has 15 heavy (non-hydrogen) atoms. The molecule has 1 aliphatic rings. The molecule has 1 aliphatic heterocycles. The number of halogens is 1. The van der Waals surface area contributed by atoms with Gasteiger partial charge in [-0.1, -0.05) is 23.7 Å². The first-order valence-corrected chi connectivity index (χ1v) is 5.03. The summed E-state index contributed by atoms with van der Waals surface area (Å²) in [5, 5.41) is 4.63. The zero-order valence-corrected chi connectivity index (χ0v) is 9.18. The van der Waals surface area contributed by atoms with Crippen LogP contribution in [0.2, 0.25) is 5.02 Å². The molecular formula is C9H8ClN3OS. The van der Waals surface area contributed by atoms with E-state index in [0.717, 1.165) is 10.6 Å². The van der Waals surface area contributed by atoms with Crippen LogP contribution in [0.5, 0.6) is 0 Å². The molecule has 1 atom stereocenters. The highest BCUT2D eigenvalue weighted by molar-refractivity contribution is 7.80. The summed E-state index contributed by atoms with van der Waals surface area (Å²) in [6.45, 7) is 0. The number of hydrogen-bond acceptors (Lipinski definition) is 3. The summed E-state index contributed by atoms with van der Waals surface area (Å²) >= 11 is 10.6. The highest BCUT2D eigenvalue weighted by Gasteiger charge is 2.34. The van der Waals surface area contributed by atoms with Crippen LogP contribution in [-0.2, 0) is 4.79 Å². The highest BCUT2D eigenvalue weighted by atomic mass is 35.5. The van der Waals surface area contributed by atoms with E-state index >= 15 is 0 Å². The van der Waals surface area contributed by atoms with E-state index in [9.17, 15) is 4.79 Å². The van der Waals surface area contributed by atoms with E-state index < -0.39 is 6.04 Å². The Kier molecular flexibility index (Phi) is 2.60. The van der Waals surface area contributed by atoms with Gasteiger partial charge in [-0.05, 0) is 29.9 Å². The lowest BCUT2D eigenvalue weighted by Crippen LogP contribution is -2.37. The summed E-state index contributed by atoms with van der Waals surface area (Å²) in [5.74, 6) is 5.17. The predicted octanol–water partition coefficient (Wildman–Crippen LogP) is 0.971. The number of hydrogen-bond donors (Lipinski definition) is 2. The first kappa shape index (κ1) is 10.4. The molecule has 1 fully saturated rings. The Morgan fingerprint density at radius 2 is 2.00 bits per heavy atom. The average Bonchev–Trinajstić information content (AvgIpc) is 2.47. The van der Waals surface area contributed by atoms with Crippen LogP contribution in [0.1, 0.15) is 11.6 Å². The topological polar surface area (TPSA) is 58.4 Å². The normalized spacial score (nSPS) is 20.7. The number of amides is 1. The van der Waals surface area contributed by atoms with Crippen molar-refractivity contribution in [1.29, 1.82) is 0 Å². The van der Waals surface area contributed by atoms with Gasteiger partial charge >= 0.3 is 0 Å². The lowest BCUT2D eigenvalue weighted by atomic mass is 10.1. The van der Waals surface area contributed by atoms with Crippen molar-refractivity contribution < 1.29 is 4.79 Å². The van der Waals surface area contributed by atoms with Gasteiger partial charge in [0.1, 0.15) is 6.04 Å². The van der Waals surface area contributed by atoms with Gasteiger partial charge in [-0.2, -0.15) is 0 Å². The van der Waals surface area contributed by atoms with Crippen molar-refractivity contribution in [1.82, 2.24) is 10.3 Å². The summed E-state index contributed by atoms with van der Waals surface area (Å²) in [5.41, 5.74) is 0.791. The van der Waals surface area contributed by atoms with Gasteiger partial charge in [0, 0.05) is 5.02 Å². The second kappa shape index (κ2) is 3.77. The van der Waals surface area contributed by atoms with Crippen molar-refractivity contribution >= 4 is 34.8 Å². The Morgan fingerprint density at radius 1 is 1.40 bits per heavy atom. The van der Waals surface area contributed by atoms with Crippen LogP contribution >= 0.6 is 23.8 Å². The van der Waals surface area contributed by atoms with Crippen molar-refractivity contribution in [2.75, 3.05) is 0 Å². The Labute approximate surface area is 97.0 Å². The zero-order chi connectivity index (χ0) is 11.0. The molecule has 0 unspecified atom stereocenters. The number of thiocarbonyl (C=S) groups is 1. The lowest BCUT2D eigenvalue weighted by molar-refractivity contribution is -0.127. The number of benzene rings is 1. The fourth-order valence-corrected chi connectivity index (χ4v) is 1.71. The number of nitrogens with two attached hydrogens (primary N) is 1. The molecule has 1 aromatic carbocycles. The second-order valence-electron chi connectivity index (χ2n) is 3.14. The van der Waals surface area contributed by atoms with Gasteiger partial charge in [0.25, 0.3) is 5.91 Å². The molecule has 0 spiro atoms. The monoisotopic (exact) mass is 241 g/mol. The second-order valence-corrected chi connectivity index (χ2v) is 3.97. The third-order valence-electron chi connectivity index (χ3n) is 2.17. The standard InChI is InChI=1S/C9H8ClN3OS/c10-6-3-1-5(2-4-6)7-8(14)13(11)9(15)12-7/h1-4,7H,11H2,(H,12,15)/t7-/m0/s1. The number of carbonyl (C=O) groups is 1. The van der Waals surface area contributed by atoms with E-state index in [2.05, 4.69) is 5.32 Å². The van der Waals surface area contributed by atoms with Gasteiger partial charge in [0.2, 0.25) is 0 Å². The van der Waals surface area contributed by atoms with E-state index in [4.69, 9.17) is 29.7 Å². The first-order chi connectivity index (χ1) is 7.09.